The fraction of sp³-hybridized carbons (Fsp3) is 0.769. The molecule has 0 aromatic rings. The molecule has 2 nitrogen and oxygen atoms in total. The van der Waals surface area contributed by atoms with E-state index in [9.17, 15) is 4.79 Å². The SMILES string of the molecule is CC(C)(C)C1=CC2(CCCCC2)OC1=O. The molecule has 0 bridgehead atoms. The van der Waals surface area contributed by atoms with Crippen molar-refractivity contribution < 1.29 is 9.53 Å². The molecule has 2 aliphatic rings. The normalized spacial score (nSPS) is 25.3. The highest BCUT2D eigenvalue weighted by molar-refractivity contribution is 5.92. The predicted molar refractivity (Wildman–Crippen MR) is 59.4 cm³/mol. The fourth-order valence-electron chi connectivity index (χ4n) is 2.51. The van der Waals surface area contributed by atoms with E-state index in [0.717, 1.165) is 18.4 Å². The van der Waals surface area contributed by atoms with Crippen LogP contribution in [0.5, 0.6) is 0 Å². The van der Waals surface area contributed by atoms with Crippen molar-refractivity contribution >= 4 is 5.97 Å². The first kappa shape index (κ1) is 10.7. The van der Waals surface area contributed by atoms with Crippen LogP contribution in [0, 0.1) is 5.41 Å². The van der Waals surface area contributed by atoms with E-state index >= 15 is 0 Å². The second-order valence-corrected chi connectivity index (χ2v) is 5.82. The molecule has 0 aromatic heterocycles. The Morgan fingerprint density at radius 2 is 1.80 bits per heavy atom. The smallest absolute Gasteiger partial charge is 0.335 e. The van der Waals surface area contributed by atoms with Crippen LogP contribution in [0.1, 0.15) is 52.9 Å². The molecule has 1 saturated carbocycles. The molecule has 0 saturated heterocycles. The molecule has 1 fully saturated rings. The van der Waals surface area contributed by atoms with Crippen molar-refractivity contribution in [1.82, 2.24) is 0 Å². The second-order valence-electron chi connectivity index (χ2n) is 5.82. The zero-order valence-corrected chi connectivity index (χ0v) is 9.93. The lowest BCUT2D eigenvalue weighted by atomic mass is 9.80. The third kappa shape index (κ3) is 1.95. The number of hydrogen-bond donors (Lipinski definition) is 0. The molecular weight excluding hydrogens is 188 g/mol. The van der Waals surface area contributed by atoms with E-state index in [4.69, 9.17) is 4.74 Å². The second kappa shape index (κ2) is 3.36. The first-order valence-electron chi connectivity index (χ1n) is 5.90. The van der Waals surface area contributed by atoms with Crippen LogP contribution in [0.15, 0.2) is 11.6 Å². The number of ether oxygens (including phenoxy) is 1. The average Bonchev–Trinajstić information content (AvgIpc) is 2.44. The van der Waals surface area contributed by atoms with Gasteiger partial charge in [-0.1, -0.05) is 27.2 Å². The van der Waals surface area contributed by atoms with Crippen molar-refractivity contribution in [2.75, 3.05) is 0 Å². The quantitative estimate of drug-likeness (QED) is 0.571. The van der Waals surface area contributed by atoms with E-state index in [1.807, 2.05) is 0 Å². The summed E-state index contributed by atoms with van der Waals surface area (Å²) < 4.78 is 5.60. The first-order valence-corrected chi connectivity index (χ1v) is 5.90. The van der Waals surface area contributed by atoms with Crippen LogP contribution in [-0.2, 0) is 9.53 Å². The molecule has 2 rings (SSSR count). The van der Waals surface area contributed by atoms with Crippen LogP contribution in [0.2, 0.25) is 0 Å². The highest BCUT2D eigenvalue weighted by atomic mass is 16.6. The number of carbonyl (C=O) groups excluding carboxylic acids is 1. The van der Waals surface area contributed by atoms with Gasteiger partial charge in [-0.05, 0) is 37.2 Å². The standard InChI is InChI=1S/C13H20O2/c1-12(2,3)10-9-13(15-11(10)14)7-5-4-6-8-13/h9H,4-8H2,1-3H3. The van der Waals surface area contributed by atoms with Gasteiger partial charge in [0.25, 0.3) is 0 Å². The van der Waals surface area contributed by atoms with E-state index in [2.05, 4.69) is 26.8 Å². The van der Waals surface area contributed by atoms with E-state index in [0.29, 0.717) is 0 Å². The summed E-state index contributed by atoms with van der Waals surface area (Å²) in [7, 11) is 0. The van der Waals surface area contributed by atoms with Crippen LogP contribution >= 0.6 is 0 Å². The Bertz CT molecular complexity index is 301. The van der Waals surface area contributed by atoms with Gasteiger partial charge in [0, 0.05) is 5.57 Å². The average molecular weight is 208 g/mol. The summed E-state index contributed by atoms with van der Waals surface area (Å²) in [5.41, 5.74) is 0.542. The van der Waals surface area contributed by atoms with Gasteiger partial charge in [0.15, 0.2) is 0 Å². The Morgan fingerprint density at radius 3 is 2.27 bits per heavy atom. The van der Waals surface area contributed by atoms with Gasteiger partial charge in [-0.2, -0.15) is 0 Å². The van der Waals surface area contributed by atoms with Gasteiger partial charge in [0.05, 0.1) is 0 Å². The number of hydrogen-bond acceptors (Lipinski definition) is 2. The van der Waals surface area contributed by atoms with Crippen molar-refractivity contribution in [3.8, 4) is 0 Å². The van der Waals surface area contributed by atoms with Crippen LogP contribution < -0.4 is 0 Å². The van der Waals surface area contributed by atoms with Gasteiger partial charge in [-0.3, -0.25) is 0 Å². The van der Waals surface area contributed by atoms with Crippen LogP contribution in [0.4, 0.5) is 0 Å². The number of esters is 1. The van der Waals surface area contributed by atoms with Crippen molar-refractivity contribution in [3.05, 3.63) is 11.6 Å². The van der Waals surface area contributed by atoms with Gasteiger partial charge >= 0.3 is 5.97 Å². The van der Waals surface area contributed by atoms with Crippen LogP contribution in [0.3, 0.4) is 0 Å². The summed E-state index contributed by atoms with van der Waals surface area (Å²) in [6, 6.07) is 0. The Morgan fingerprint density at radius 1 is 1.20 bits per heavy atom. The predicted octanol–water partition coefficient (Wildman–Crippen LogP) is 3.22. The minimum atomic E-state index is -0.238. The molecule has 0 atom stereocenters. The summed E-state index contributed by atoms with van der Waals surface area (Å²) in [5, 5.41) is 0. The fourth-order valence-corrected chi connectivity index (χ4v) is 2.51. The lowest BCUT2D eigenvalue weighted by molar-refractivity contribution is -0.149. The summed E-state index contributed by atoms with van der Waals surface area (Å²) >= 11 is 0. The zero-order valence-electron chi connectivity index (χ0n) is 9.93. The molecule has 2 heteroatoms. The van der Waals surface area contributed by atoms with Crippen molar-refractivity contribution in [2.45, 2.75) is 58.5 Å². The highest BCUT2D eigenvalue weighted by Crippen LogP contribution is 2.42. The Labute approximate surface area is 91.7 Å². The van der Waals surface area contributed by atoms with E-state index in [1.54, 1.807) is 0 Å². The number of carbonyl (C=O) groups is 1. The molecule has 84 valence electrons. The third-order valence-corrected chi connectivity index (χ3v) is 3.43. The van der Waals surface area contributed by atoms with Crippen molar-refractivity contribution in [2.24, 2.45) is 5.41 Å². The molecule has 1 aliphatic carbocycles. The monoisotopic (exact) mass is 208 g/mol. The van der Waals surface area contributed by atoms with Gasteiger partial charge in [0.2, 0.25) is 0 Å². The minimum absolute atomic E-state index is 0.0853. The summed E-state index contributed by atoms with van der Waals surface area (Å²) in [4.78, 5) is 11.8. The Hall–Kier alpha value is -0.790. The molecule has 15 heavy (non-hydrogen) atoms. The molecule has 0 radical (unpaired) electrons. The molecule has 0 unspecified atom stereocenters. The summed E-state index contributed by atoms with van der Waals surface area (Å²) in [6.45, 7) is 6.21. The first-order chi connectivity index (χ1) is 6.93. The van der Waals surface area contributed by atoms with E-state index in [1.165, 1.54) is 19.3 Å². The highest BCUT2D eigenvalue weighted by Gasteiger charge is 2.43. The van der Waals surface area contributed by atoms with Crippen molar-refractivity contribution in [3.63, 3.8) is 0 Å². The summed E-state index contributed by atoms with van der Waals surface area (Å²) in [6.07, 6.45) is 7.77. The largest absolute Gasteiger partial charge is 0.451 e. The molecule has 1 aliphatic heterocycles. The van der Waals surface area contributed by atoms with Gasteiger partial charge in [0.1, 0.15) is 5.60 Å². The van der Waals surface area contributed by atoms with Gasteiger partial charge < -0.3 is 4.74 Å². The van der Waals surface area contributed by atoms with Gasteiger partial charge in [-0.25, -0.2) is 4.79 Å². The molecule has 1 heterocycles. The van der Waals surface area contributed by atoms with Crippen LogP contribution in [0.25, 0.3) is 0 Å². The third-order valence-electron chi connectivity index (χ3n) is 3.43. The molecule has 0 N–H and O–H groups in total. The van der Waals surface area contributed by atoms with Crippen molar-refractivity contribution in [1.29, 1.82) is 0 Å². The number of rotatable bonds is 0. The summed E-state index contributed by atoms with van der Waals surface area (Å²) in [5.74, 6) is -0.0931. The maximum Gasteiger partial charge on any atom is 0.335 e. The topological polar surface area (TPSA) is 26.3 Å². The zero-order chi connectivity index (χ0) is 11.1. The molecule has 0 aromatic carbocycles. The maximum absolute atomic E-state index is 11.8. The van der Waals surface area contributed by atoms with Crippen LogP contribution in [-0.4, -0.2) is 11.6 Å². The Balaban J connectivity index is 2.26. The Kier molecular flexibility index (Phi) is 2.40. The lowest BCUT2D eigenvalue weighted by Gasteiger charge is -2.30. The van der Waals surface area contributed by atoms with Gasteiger partial charge in [-0.15, -0.1) is 0 Å². The molecule has 1 spiro atoms. The molecule has 0 amide bonds. The maximum atomic E-state index is 11.8. The van der Waals surface area contributed by atoms with E-state index < -0.39 is 0 Å². The lowest BCUT2D eigenvalue weighted by Crippen LogP contribution is -2.30. The van der Waals surface area contributed by atoms with E-state index in [-0.39, 0.29) is 17.0 Å². The minimum Gasteiger partial charge on any atom is -0.451 e. The molecular formula is C13H20O2.